The lowest BCUT2D eigenvalue weighted by atomic mass is 10.1. The molecule has 0 aliphatic carbocycles. The minimum atomic E-state index is -3.72. The molecule has 5 rings (SSSR count). The summed E-state index contributed by atoms with van der Waals surface area (Å²) in [6, 6.07) is 13.1. The molecule has 31 heavy (non-hydrogen) atoms. The lowest BCUT2D eigenvalue weighted by Crippen LogP contribution is -2.12. The largest absolute Gasteiger partial charge is 0.494 e. The number of thiazole rings is 1. The van der Waals surface area contributed by atoms with Crippen molar-refractivity contribution in [3.8, 4) is 5.88 Å². The van der Waals surface area contributed by atoms with Crippen molar-refractivity contribution in [2.75, 3.05) is 4.72 Å². The Bertz CT molecular complexity index is 1520. The van der Waals surface area contributed by atoms with Crippen molar-refractivity contribution >= 4 is 60.1 Å². The molecule has 8 nitrogen and oxygen atoms in total. The highest BCUT2D eigenvalue weighted by atomic mass is 32.2. The molecule has 3 aromatic heterocycles. The number of hydrogen-bond acceptors (Lipinski definition) is 7. The van der Waals surface area contributed by atoms with Gasteiger partial charge < -0.3 is 10.1 Å². The van der Waals surface area contributed by atoms with Gasteiger partial charge in [-0.15, -0.1) is 11.3 Å². The van der Waals surface area contributed by atoms with Crippen LogP contribution in [0.1, 0.15) is 5.56 Å². The number of aromatic hydroxyl groups is 1. The minimum absolute atomic E-state index is 0.0143. The van der Waals surface area contributed by atoms with Gasteiger partial charge in [0, 0.05) is 24.0 Å². The number of nitrogens with zero attached hydrogens (tertiary/aromatic N) is 3. The summed E-state index contributed by atoms with van der Waals surface area (Å²) >= 11 is 1.49. The van der Waals surface area contributed by atoms with E-state index in [0.717, 1.165) is 21.1 Å². The average molecular weight is 450 g/mol. The van der Waals surface area contributed by atoms with Crippen LogP contribution >= 0.6 is 11.3 Å². The number of anilines is 1. The van der Waals surface area contributed by atoms with E-state index in [2.05, 4.69) is 24.7 Å². The standard InChI is InChI=1S/C21H15N5O3S2/c27-21-16(19-17(25-21)5-6-18-20(19)30-12-24-18)11-23-13-1-3-15(4-2-13)31(28,29)26-14-7-9-22-10-8-14/h1-12,25,27H,(H,22,26). The van der Waals surface area contributed by atoms with E-state index in [1.54, 1.807) is 36.0 Å². The number of aliphatic imine (C=N–C) groups is 1. The number of hydrogen-bond donors (Lipinski definition) is 3. The number of fused-ring (bicyclic) bond motifs is 3. The molecule has 3 heterocycles. The van der Waals surface area contributed by atoms with Gasteiger partial charge in [-0.05, 0) is 48.5 Å². The number of aromatic nitrogens is 3. The van der Waals surface area contributed by atoms with Crippen molar-refractivity contribution in [3.05, 3.63) is 72.0 Å². The zero-order valence-electron chi connectivity index (χ0n) is 15.9. The van der Waals surface area contributed by atoms with Crippen molar-refractivity contribution in [2.45, 2.75) is 4.90 Å². The van der Waals surface area contributed by atoms with Crippen LogP contribution in [-0.4, -0.2) is 34.7 Å². The smallest absolute Gasteiger partial charge is 0.261 e. The number of rotatable bonds is 5. The van der Waals surface area contributed by atoms with Crippen molar-refractivity contribution in [3.63, 3.8) is 0 Å². The van der Waals surface area contributed by atoms with Gasteiger partial charge in [-0.2, -0.15) is 0 Å². The second-order valence-corrected chi connectivity index (χ2v) is 9.21. The fourth-order valence-corrected chi connectivity index (χ4v) is 5.13. The van der Waals surface area contributed by atoms with Crippen LogP contribution in [0.3, 0.4) is 0 Å². The van der Waals surface area contributed by atoms with Gasteiger partial charge in [0.1, 0.15) is 0 Å². The predicted octanol–water partition coefficient (Wildman–Crippen LogP) is 4.43. The normalized spacial score (nSPS) is 12.1. The highest BCUT2D eigenvalue weighted by molar-refractivity contribution is 7.92. The van der Waals surface area contributed by atoms with E-state index in [1.165, 1.54) is 35.9 Å². The van der Waals surface area contributed by atoms with E-state index >= 15 is 0 Å². The van der Waals surface area contributed by atoms with E-state index in [1.807, 2.05) is 12.1 Å². The first kappa shape index (κ1) is 19.2. The summed E-state index contributed by atoms with van der Waals surface area (Å²) in [5.74, 6) is 0.0143. The van der Waals surface area contributed by atoms with Crippen LogP contribution in [0.4, 0.5) is 11.4 Å². The van der Waals surface area contributed by atoms with E-state index < -0.39 is 10.0 Å². The molecular weight excluding hydrogens is 434 g/mol. The highest BCUT2D eigenvalue weighted by Gasteiger charge is 2.15. The maximum absolute atomic E-state index is 12.5. The molecule has 0 unspecified atom stereocenters. The van der Waals surface area contributed by atoms with Gasteiger partial charge in [-0.25, -0.2) is 13.4 Å². The molecule has 154 valence electrons. The Labute approximate surface area is 181 Å². The topological polar surface area (TPSA) is 120 Å². The minimum Gasteiger partial charge on any atom is -0.494 e. The molecule has 0 aliphatic rings. The van der Waals surface area contributed by atoms with Crippen molar-refractivity contribution in [1.82, 2.24) is 15.0 Å². The summed E-state index contributed by atoms with van der Waals surface area (Å²) < 4.78 is 28.5. The van der Waals surface area contributed by atoms with Gasteiger partial charge in [-0.1, -0.05) is 0 Å². The molecule has 0 saturated heterocycles. The third kappa shape index (κ3) is 3.62. The van der Waals surface area contributed by atoms with Crippen molar-refractivity contribution in [2.24, 2.45) is 4.99 Å². The van der Waals surface area contributed by atoms with Gasteiger partial charge in [-0.3, -0.25) is 14.7 Å². The zero-order valence-corrected chi connectivity index (χ0v) is 17.5. The number of aromatic amines is 1. The first-order valence-electron chi connectivity index (χ1n) is 9.15. The van der Waals surface area contributed by atoms with Crippen LogP contribution in [0, 0.1) is 0 Å². The third-order valence-corrected chi connectivity index (χ3v) is 6.96. The Morgan fingerprint density at radius 2 is 1.84 bits per heavy atom. The van der Waals surface area contributed by atoms with Gasteiger partial charge in [0.15, 0.2) is 5.88 Å². The van der Waals surface area contributed by atoms with Crippen molar-refractivity contribution < 1.29 is 13.5 Å². The summed E-state index contributed by atoms with van der Waals surface area (Å²) in [6.07, 6.45) is 4.58. The van der Waals surface area contributed by atoms with Gasteiger partial charge in [0.25, 0.3) is 10.0 Å². The quantitative estimate of drug-likeness (QED) is 0.343. The Morgan fingerprint density at radius 1 is 1.06 bits per heavy atom. The molecule has 0 amide bonds. The van der Waals surface area contributed by atoms with Gasteiger partial charge >= 0.3 is 0 Å². The van der Waals surface area contributed by atoms with E-state index in [4.69, 9.17) is 0 Å². The summed E-state index contributed by atoms with van der Waals surface area (Å²) in [6.45, 7) is 0. The molecule has 3 N–H and O–H groups in total. The summed E-state index contributed by atoms with van der Waals surface area (Å²) in [5, 5.41) is 11.2. The van der Waals surface area contributed by atoms with Crippen LogP contribution in [0.2, 0.25) is 0 Å². The first-order valence-corrected chi connectivity index (χ1v) is 11.5. The van der Waals surface area contributed by atoms with Gasteiger partial charge in [0.05, 0.1) is 43.1 Å². The Kier molecular flexibility index (Phi) is 4.64. The zero-order chi connectivity index (χ0) is 21.4. The molecule has 0 aliphatic heterocycles. The number of nitrogens with one attached hydrogen (secondary N) is 2. The third-order valence-electron chi connectivity index (χ3n) is 4.70. The molecule has 0 spiro atoms. The fourth-order valence-electron chi connectivity index (χ4n) is 3.22. The van der Waals surface area contributed by atoms with E-state index in [9.17, 15) is 13.5 Å². The van der Waals surface area contributed by atoms with Crippen LogP contribution in [0.25, 0.3) is 21.1 Å². The lowest BCUT2D eigenvalue weighted by molar-refractivity contribution is 0.457. The summed E-state index contributed by atoms with van der Waals surface area (Å²) in [5.41, 5.74) is 4.94. The van der Waals surface area contributed by atoms with Crippen LogP contribution < -0.4 is 4.72 Å². The maximum atomic E-state index is 12.5. The first-order chi connectivity index (χ1) is 15.0. The van der Waals surface area contributed by atoms with Crippen LogP contribution in [-0.2, 0) is 10.0 Å². The maximum Gasteiger partial charge on any atom is 0.261 e. The molecule has 10 heteroatoms. The second kappa shape index (κ2) is 7.49. The number of pyridine rings is 1. The molecule has 0 saturated carbocycles. The fraction of sp³-hybridized carbons (Fsp3) is 0. The van der Waals surface area contributed by atoms with E-state index in [-0.39, 0.29) is 10.8 Å². The Morgan fingerprint density at radius 3 is 2.61 bits per heavy atom. The molecule has 0 atom stereocenters. The Balaban J connectivity index is 1.44. The lowest BCUT2D eigenvalue weighted by Gasteiger charge is -2.07. The second-order valence-electron chi connectivity index (χ2n) is 6.67. The molecule has 5 aromatic rings. The number of H-pyrrole nitrogens is 1. The predicted molar refractivity (Wildman–Crippen MR) is 122 cm³/mol. The van der Waals surface area contributed by atoms with Gasteiger partial charge in [0.2, 0.25) is 0 Å². The monoisotopic (exact) mass is 449 g/mol. The highest BCUT2D eigenvalue weighted by Crippen LogP contribution is 2.34. The molecule has 2 aromatic carbocycles. The van der Waals surface area contributed by atoms with Crippen LogP contribution in [0.5, 0.6) is 5.88 Å². The molecular formula is C21H15N5O3S2. The van der Waals surface area contributed by atoms with E-state index in [0.29, 0.717) is 16.9 Å². The molecule has 0 fully saturated rings. The SMILES string of the molecule is O=S(=O)(Nc1ccncc1)c1ccc(N=Cc2c(O)[nH]c3ccc4ncsc4c23)cc1. The number of sulfonamides is 1. The number of benzene rings is 2. The average Bonchev–Trinajstić information content (AvgIpc) is 3.36. The van der Waals surface area contributed by atoms with Crippen molar-refractivity contribution in [1.29, 1.82) is 0 Å². The Hall–Kier alpha value is -3.76. The summed E-state index contributed by atoms with van der Waals surface area (Å²) in [7, 11) is -3.72. The molecule has 0 radical (unpaired) electrons. The summed E-state index contributed by atoms with van der Waals surface area (Å²) in [4.78, 5) is 15.7. The molecule has 0 bridgehead atoms. The van der Waals surface area contributed by atoms with Crippen LogP contribution in [0.15, 0.2) is 76.3 Å².